The second-order valence-electron chi connectivity index (χ2n) is 5.45. The minimum Gasteiger partial charge on any atom is -0.269 e. The Morgan fingerprint density at radius 2 is 1.88 bits per heavy atom. The number of nitrogens with one attached hydrogen (secondary N) is 1. The average molecular weight is 339 g/mol. The van der Waals surface area contributed by atoms with Crippen molar-refractivity contribution >= 4 is 5.91 Å². The van der Waals surface area contributed by atoms with E-state index in [1.165, 1.54) is 18.3 Å². The van der Waals surface area contributed by atoms with E-state index in [1.54, 1.807) is 16.8 Å². The van der Waals surface area contributed by atoms with Gasteiger partial charge < -0.3 is 0 Å². The Bertz CT molecular complexity index is 845. The minimum absolute atomic E-state index is 0.278. The third kappa shape index (κ3) is 3.92. The Morgan fingerprint density at radius 1 is 1.16 bits per heavy atom. The van der Waals surface area contributed by atoms with Gasteiger partial charge in [-0.15, -0.1) is 0 Å². The maximum absolute atomic E-state index is 13.1. The molecular formula is C19H18FN3O2. The van der Waals surface area contributed by atoms with Gasteiger partial charge in [0.15, 0.2) is 0 Å². The highest BCUT2D eigenvalue weighted by Gasteiger charge is 2.17. The van der Waals surface area contributed by atoms with Gasteiger partial charge in [-0.05, 0) is 36.2 Å². The first-order valence-corrected chi connectivity index (χ1v) is 7.98. The number of nitrogens with zero attached hydrogens (tertiary/aromatic N) is 2. The van der Waals surface area contributed by atoms with E-state index < -0.39 is 0 Å². The molecule has 3 aromatic rings. The molecule has 0 radical (unpaired) electrons. The number of carbonyl (C=O) groups excluding carboxylic acids is 1. The van der Waals surface area contributed by atoms with Crippen LogP contribution < -0.4 is 5.48 Å². The average Bonchev–Trinajstić information content (AvgIpc) is 3.07. The van der Waals surface area contributed by atoms with Crippen molar-refractivity contribution in [2.45, 2.75) is 20.0 Å². The summed E-state index contributed by atoms with van der Waals surface area (Å²) in [5, 5.41) is 4.25. The lowest BCUT2D eigenvalue weighted by atomic mass is 10.2. The predicted molar refractivity (Wildman–Crippen MR) is 91.6 cm³/mol. The number of benzene rings is 2. The summed E-state index contributed by atoms with van der Waals surface area (Å²) in [6.07, 6.45) is 2.09. The fraction of sp³-hybridized carbons (Fsp3) is 0.158. The molecule has 0 aliphatic carbocycles. The first-order valence-electron chi connectivity index (χ1n) is 7.98. The lowest BCUT2D eigenvalue weighted by Gasteiger charge is -2.09. The molecule has 0 aliphatic rings. The molecular weight excluding hydrogens is 321 g/mol. The first-order chi connectivity index (χ1) is 12.2. The molecule has 1 heterocycles. The van der Waals surface area contributed by atoms with Crippen LogP contribution in [0.1, 0.15) is 28.5 Å². The first kappa shape index (κ1) is 16.9. The summed E-state index contributed by atoms with van der Waals surface area (Å²) in [5.74, 6) is -0.678. The Hall–Kier alpha value is -2.99. The van der Waals surface area contributed by atoms with Crippen molar-refractivity contribution in [3.8, 4) is 5.69 Å². The molecule has 1 N–H and O–H groups in total. The van der Waals surface area contributed by atoms with E-state index in [2.05, 4.69) is 10.6 Å². The van der Waals surface area contributed by atoms with Crippen LogP contribution >= 0.6 is 0 Å². The topological polar surface area (TPSA) is 56.1 Å². The lowest BCUT2D eigenvalue weighted by Crippen LogP contribution is -2.24. The molecule has 0 unspecified atom stereocenters. The zero-order chi connectivity index (χ0) is 17.6. The van der Waals surface area contributed by atoms with Crippen LogP contribution in [0.2, 0.25) is 0 Å². The van der Waals surface area contributed by atoms with Gasteiger partial charge in [-0.25, -0.2) is 14.6 Å². The van der Waals surface area contributed by atoms with Crippen LogP contribution in [0.4, 0.5) is 4.39 Å². The molecule has 0 saturated heterocycles. The van der Waals surface area contributed by atoms with Gasteiger partial charge >= 0.3 is 0 Å². The maximum atomic E-state index is 13.1. The highest BCUT2D eigenvalue weighted by Crippen LogP contribution is 2.16. The summed E-state index contributed by atoms with van der Waals surface area (Å²) >= 11 is 0. The normalized spacial score (nSPS) is 10.6. The molecule has 2 aromatic carbocycles. The molecule has 1 aromatic heterocycles. The molecule has 128 valence electrons. The fourth-order valence-electron chi connectivity index (χ4n) is 2.52. The summed E-state index contributed by atoms with van der Waals surface area (Å²) in [6, 6.07) is 15.5. The van der Waals surface area contributed by atoms with E-state index >= 15 is 0 Å². The number of aromatic nitrogens is 2. The van der Waals surface area contributed by atoms with Gasteiger partial charge in [0, 0.05) is 0 Å². The molecule has 5 nitrogen and oxygen atoms in total. The van der Waals surface area contributed by atoms with Crippen LogP contribution in [0.5, 0.6) is 0 Å². The smallest absolute Gasteiger partial charge is 0.269 e. The molecule has 0 aliphatic heterocycles. The minimum atomic E-state index is -0.360. The van der Waals surface area contributed by atoms with Crippen molar-refractivity contribution in [3.63, 3.8) is 0 Å². The molecule has 0 fully saturated rings. The van der Waals surface area contributed by atoms with Crippen LogP contribution in [0.25, 0.3) is 5.69 Å². The van der Waals surface area contributed by atoms with Crippen molar-refractivity contribution in [3.05, 3.63) is 83.4 Å². The Balaban J connectivity index is 1.71. The van der Waals surface area contributed by atoms with Gasteiger partial charge in [0.1, 0.15) is 5.82 Å². The van der Waals surface area contributed by atoms with Gasteiger partial charge in [-0.2, -0.15) is 5.10 Å². The van der Waals surface area contributed by atoms with Crippen molar-refractivity contribution in [2.24, 2.45) is 0 Å². The zero-order valence-corrected chi connectivity index (χ0v) is 13.8. The van der Waals surface area contributed by atoms with Gasteiger partial charge in [0.05, 0.1) is 29.7 Å². The van der Waals surface area contributed by atoms with E-state index in [1.807, 2.05) is 37.3 Å². The quantitative estimate of drug-likeness (QED) is 0.700. The van der Waals surface area contributed by atoms with Crippen molar-refractivity contribution < 1.29 is 14.0 Å². The van der Waals surface area contributed by atoms with Crippen LogP contribution in [0, 0.1) is 5.82 Å². The lowest BCUT2D eigenvalue weighted by molar-refractivity contribution is 0.0233. The number of carbonyl (C=O) groups is 1. The Labute approximate surface area is 145 Å². The molecule has 6 heteroatoms. The molecule has 25 heavy (non-hydrogen) atoms. The Morgan fingerprint density at radius 3 is 2.56 bits per heavy atom. The third-order valence-corrected chi connectivity index (χ3v) is 3.77. The highest BCUT2D eigenvalue weighted by molar-refractivity contribution is 5.94. The van der Waals surface area contributed by atoms with Crippen LogP contribution in [0.15, 0.2) is 60.8 Å². The second-order valence-corrected chi connectivity index (χ2v) is 5.45. The van der Waals surface area contributed by atoms with Crippen LogP contribution in [-0.2, 0) is 17.9 Å². The standard InChI is InChI=1S/C19H18FN3O2/c1-2-18-17(12-21-23(18)16-10-8-15(20)9-11-16)19(24)22-25-13-14-6-4-3-5-7-14/h3-12H,2,13H2,1H3,(H,22,24). The molecule has 3 rings (SSSR count). The molecule has 0 bridgehead atoms. The van der Waals surface area contributed by atoms with Crippen molar-refractivity contribution in [1.82, 2.24) is 15.3 Å². The number of hydroxylamine groups is 1. The van der Waals surface area contributed by atoms with Crippen molar-refractivity contribution in [1.29, 1.82) is 0 Å². The molecule has 1 amide bonds. The Kier molecular flexibility index (Phi) is 5.20. The number of rotatable bonds is 6. The van der Waals surface area contributed by atoms with Gasteiger partial charge in [0.25, 0.3) is 5.91 Å². The third-order valence-electron chi connectivity index (χ3n) is 3.77. The van der Waals surface area contributed by atoms with E-state index in [4.69, 9.17) is 4.84 Å². The van der Waals surface area contributed by atoms with E-state index in [9.17, 15) is 9.18 Å². The van der Waals surface area contributed by atoms with Crippen molar-refractivity contribution in [2.75, 3.05) is 0 Å². The van der Waals surface area contributed by atoms with Gasteiger partial charge in [-0.1, -0.05) is 37.3 Å². The summed E-state index contributed by atoms with van der Waals surface area (Å²) in [6.45, 7) is 2.21. The largest absolute Gasteiger partial charge is 0.278 e. The van der Waals surface area contributed by atoms with Gasteiger partial charge in [0.2, 0.25) is 0 Å². The maximum Gasteiger partial charge on any atom is 0.278 e. The number of hydrogen-bond acceptors (Lipinski definition) is 3. The summed E-state index contributed by atoms with van der Waals surface area (Å²) in [5.41, 5.74) is 5.26. The fourth-order valence-corrected chi connectivity index (χ4v) is 2.52. The number of amides is 1. The van der Waals surface area contributed by atoms with Crippen LogP contribution in [-0.4, -0.2) is 15.7 Å². The molecule has 0 atom stereocenters. The number of hydrogen-bond donors (Lipinski definition) is 1. The monoisotopic (exact) mass is 339 g/mol. The molecule has 0 saturated carbocycles. The van der Waals surface area contributed by atoms with Crippen LogP contribution in [0.3, 0.4) is 0 Å². The summed E-state index contributed by atoms with van der Waals surface area (Å²) < 4.78 is 14.7. The number of halogens is 1. The summed E-state index contributed by atoms with van der Waals surface area (Å²) in [7, 11) is 0. The van der Waals surface area contributed by atoms with E-state index in [0.29, 0.717) is 17.7 Å². The molecule has 0 spiro atoms. The van der Waals surface area contributed by atoms with E-state index in [-0.39, 0.29) is 18.3 Å². The zero-order valence-electron chi connectivity index (χ0n) is 13.8. The highest BCUT2D eigenvalue weighted by atomic mass is 19.1. The van der Waals surface area contributed by atoms with E-state index in [0.717, 1.165) is 11.3 Å². The summed E-state index contributed by atoms with van der Waals surface area (Å²) in [4.78, 5) is 17.6. The predicted octanol–water partition coefficient (Wildman–Crippen LogP) is 3.44. The van der Waals surface area contributed by atoms with Gasteiger partial charge in [-0.3, -0.25) is 9.63 Å². The second kappa shape index (κ2) is 7.72. The SMILES string of the molecule is CCc1c(C(=O)NOCc2ccccc2)cnn1-c1ccc(F)cc1.